The Labute approximate surface area is 93.8 Å². The van der Waals surface area contributed by atoms with Gasteiger partial charge in [-0.05, 0) is 0 Å². The summed E-state index contributed by atoms with van der Waals surface area (Å²) in [6.45, 7) is 4.33. The number of carbonyl (C=O) groups excluding carboxylic acids is 3. The van der Waals surface area contributed by atoms with Gasteiger partial charge in [0.1, 0.15) is 0 Å². The molecule has 0 spiro atoms. The first kappa shape index (κ1) is 12.3. The minimum atomic E-state index is -0.178. The maximum atomic E-state index is 11.7. The summed E-state index contributed by atoms with van der Waals surface area (Å²) in [7, 11) is 0. The van der Waals surface area contributed by atoms with Gasteiger partial charge in [0.05, 0.1) is 13.3 Å². The summed E-state index contributed by atoms with van der Waals surface area (Å²) in [6.07, 6.45) is 0. The highest BCUT2D eigenvalue weighted by atomic mass is 16.2. The second-order valence-corrected chi connectivity index (χ2v) is 3.59. The average molecular weight is 228 g/mol. The molecule has 2 N–H and O–H groups in total. The summed E-state index contributed by atoms with van der Waals surface area (Å²) >= 11 is 0. The van der Waals surface area contributed by atoms with Gasteiger partial charge in [-0.15, -0.1) is 0 Å². The van der Waals surface area contributed by atoms with Crippen LogP contribution < -0.4 is 10.6 Å². The Hall–Kier alpha value is -1.79. The van der Waals surface area contributed by atoms with E-state index in [0.29, 0.717) is 13.1 Å². The lowest BCUT2D eigenvalue weighted by atomic mass is 10.6. The highest BCUT2D eigenvalue weighted by Crippen LogP contribution is 2.05. The van der Waals surface area contributed by atoms with Gasteiger partial charge in [0, 0.05) is 26.9 Å². The number of nitrogens with zero attached hydrogens (tertiary/aromatic N) is 2. The minimum absolute atomic E-state index is 0.173. The van der Waals surface area contributed by atoms with Gasteiger partial charge in [-0.25, -0.2) is 4.79 Å². The Kier molecular flexibility index (Phi) is 4.10. The van der Waals surface area contributed by atoms with E-state index in [0.717, 1.165) is 0 Å². The van der Waals surface area contributed by atoms with Crippen LogP contribution in [0.3, 0.4) is 0 Å². The number of nitrogens with one attached hydrogen (secondary N) is 2. The molecule has 0 radical (unpaired) electrons. The Morgan fingerprint density at radius 1 is 1.06 bits per heavy atom. The molecule has 0 atom stereocenters. The van der Waals surface area contributed by atoms with Crippen LogP contribution >= 0.6 is 0 Å². The van der Waals surface area contributed by atoms with Crippen LogP contribution in [-0.2, 0) is 9.59 Å². The first-order chi connectivity index (χ1) is 7.50. The molecule has 0 aliphatic carbocycles. The summed E-state index contributed by atoms with van der Waals surface area (Å²) in [4.78, 5) is 36.1. The fourth-order valence-corrected chi connectivity index (χ4v) is 1.34. The molecule has 0 aromatic rings. The Balaban J connectivity index is 2.35. The molecule has 1 heterocycles. The van der Waals surface area contributed by atoms with E-state index in [1.165, 1.54) is 23.6 Å². The highest BCUT2D eigenvalue weighted by molar-refractivity contribution is 5.79. The van der Waals surface area contributed by atoms with Crippen LogP contribution in [0.1, 0.15) is 13.8 Å². The third-order valence-electron chi connectivity index (χ3n) is 2.22. The number of hydrogen-bond acceptors (Lipinski definition) is 3. The van der Waals surface area contributed by atoms with E-state index in [1.807, 2.05) is 0 Å². The molecule has 0 aromatic heterocycles. The first-order valence-electron chi connectivity index (χ1n) is 5.03. The van der Waals surface area contributed by atoms with Crippen LogP contribution in [-0.4, -0.2) is 54.1 Å². The first-order valence-corrected chi connectivity index (χ1v) is 5.03. The van der Waals surface area contributed by atoms with Gasteiger partial charge in [0.15, 0.2) is 0 Å². The van der Waals surface area contributed by atoms with Crippen LogP contribution in [0.15, 0.2) is 0 Å². The number of rotatable bonds is 4. The fraction of sp³-hybridized carbons (Fsp3) is 0.667. The molecule has 1 aliphatic rings. The molecule has 0 aromatic carbocycles. The van der Waals surface area contributed by atoms with Gasteiger partial charge in [-0.2, -0.15) is 0 Å². The number of carbonyl (C=O) groups is 3. The smallest absolute Gasteiger partial charge is 0.322 e. The second-order valence-electron chi connectivity index (χ2n) is 3.59. The predicted octanol–water partition coefficient (Wildman–Crippen LogP) is -1.09. The molecule has 0 unspecified atom stereocenters. The summed E-state index contributed by atoms with van der Waals surface area (Å²) in [5.74, 6) is -0.346. The number of urea groups is 1. The van der Waals surface area contributed by atoms with Crippen molar-refractivity contribution in [3.63, 3.8) is 0 Å². The largest absolute Gasteiger partial charge is 0.339 e. The summed E-state index contributed by atoms with van der Waals surface area (Å²) in [6, 6.07) is -0.178. The van der Waals surface area contributed by atoms with Crippen LogP contribution in [0.4, 0.5) is 4.79 Å². The van der Waals surface area contributed by atoms with E-state index in [4.69, 9.17) is 0 Å². The van der Waals surface area contributed by atoms with Crippen molar-refractivity contribution < 1.29 is 14.4 Å². The molecule has 7 heteroatoms. The zero-order valence-electron chi connectivity index (χ0n) is 9.45. The van der Waals surface area contributed by atoms with E-state index < -0.39 is 0 Å². The molecule has 1 saturated heterocycles. The van der Waals surface area contributed by atoms with E-state index in [9.17, 15) is 14.4 Å². The monoisotopic (exact) mass is 228 g/mol. The third-order valence-corrected chi connectivity index (χ3v) is 2.22. The van der Waals surface area contributed by atoms with Gasteiger partial charge >= 0.3 is 6.03 Å². The van der Waals surface area contributed by atoms with Crippen LogP contribution in [0.2, 0.25) is 0 Å². The lowest BCUT2D eigenvalue weighted by Gasteiger charge is -2.18. The van der Waals surface area contributed by atoms with Crippen molar-refractivity contribution in [2.45, 2.75) is 13.8 Å². The minimum Gasteiger partial charge on any atom is -0.339 e. The van der Waals surface area contributed by atoms with Crippen molar-refractivity contribution in [2.75, 3.05) is 26.4 Å². The molecule has 0 saturated carbocycles. The predicted molar refractivity (Wildman–Crippen MR) is 56.2 cm³/mol. The maximum Gasteiger partial charge on any atom is 0.322 e. The van der Waals surface area contributed by atoms with E-state index in [1.54, 1.807) is 0 Å². The zero-order chi connectivity index (χ0) is 12.1. The van der Waals surface area contributed by atoms with Crippen molar-refractivity contribution in [1.82, 2.24) is 20.4 Å². The molecule has 1 fully saturated rings. The molecule has 1 rings (SSSR count). The van der Waals surface area contributed by atoms with Gasteiger partial charge < -0.3 is 20.4 Å². The second kappa shape index (κ2) is 5.34. The van der Waals surface area contributed by atoms with Crippen LogP contribution in [0.5, 0.6) is 0 Å². The molecule has 7 nitrogen and oxygen atoms in total. The van der Waals surface area contributed by atoms with E-state index >= 15 is 0 Å². The van der Waals surface area contributed by atoms with E-state index in [2.05, 4.69) is 10.6 Å². The molecule has 16 heavy (non-hydrogen) atoms. The van der Waals surface area contributed by atoms with E-state index in [-0.39, 0.29) is 31.2 Å². The third kappa shape index (κ3) is 3.41. The molecular weight excluding hydrogens is 212 g/mol. The van der Waals surface area contributed by atoms with Crippen molar-refractivity contribution in [3.8, 4) is 0 Å². The Morgan fingerprint density at radius 3 is 1.75 bits per heavy atom. The average Bonchev–Trinajstić information content (AvgIpc) is 2.53. The normalized spacial score (nSPS) is 15.2. The van der Waals surface area contributed by atoms with Crippen molar-refractivity contribution >= 4 is 17.8 Å². The van der Waals surface area contributed by atoms with Crippen molar-refractivity contribution in [1.29, 1.82) is 0 Å². The molecule has 1 aliphatic heterocycles. The topological polar surface area (TPSA) is 81.8 Å². The number of amides is 4. The maximum absolute atomic E-state index is 11.7. The Morgan fingerprint density at radius 2 is 1.44 bits per heavy atom. The Bertz CT molecular complexity index is 277. The molecule has 90 valence electrons. The summed E-state index contributed by atoms with van der Waals surface area (Å²) in [5.41, 5.74) is 0. The summed E-state index contributed by atoms with van der Waals surface area (Å²) in [5, 5.41) is 5.11. The van der Waals surface area contributed by atoms with Gasteiger partial charge in [0.2, 0.25) is 11.8 Å². The van der Waals surface area contributed by atoms with Crippen LogP contribution in [0.25, 0.3) is 0 Å². The van der Waals surface area contributed by atoms with Crippen molar-refractivity contribution in [3.05, 3.63) is 0 Å². The molecule has 0 bridgehead atoms. The van der Waals surface area contributed by atoms with Gasteiger partial charge in [-0.3, -0.25) is 9.59 Å². The summed E-state index contributed by atoms with van der Waals surface area (Å²) < 4.78 is 0. The van der Waals surface area contributed by atoms with Gasteiger partial charge in [-0.1, -0.05) is 0 Å². The number of hydrogen-bond donors (Lipinski definition) is 2. The standard InChI is InChI=1S/C9H16N4O3/c1-7(14)10-5-12-3-4-13(9(12)16)6-11-8(2)15/h3-6H2,1-2H3,(H,10,14)(H,11,15). The molecular formula is C9H16N4O3. The lowest BCUT2D eigenvalue weighted by molar-refractivity contribution is -0.120. The van der Waals surface area contributed by atoms with Crippen LogP contribution in [0, 0.1) is 0 Å². The van der Waals surface area contributed by atoms with Crippen molar-refractivity contribution in [2.24, 2.45) is 0 Å². The highest BCUT2D eigenvalue weighted by Gasteiger charge is 2.27. The zero-order valence-corrected chi connectivity index (χ0v) is 9.45. The quantitative estimate of drug-likeness (QED) is 0.641. The fourth-order valence-electron chi connectivity index (χ4n) is 1.34. The SMILES string of the molecule is CC(=O)NCN1CCN(CNC(C)=O)C1=O. The lowest BCUT2D eigenvalue weighted by Crippen LogP contribution is -2.42. The van der Waals surface area contributed by atoms with Gasteiger partial charge in [0.25, 0.3) is 0 Å². The molecule has 4 amide bonds.